The minimum atomic E-state index is -0.887. The highest BCUT2D eigenvalue weighted by Gasteiger charge is 2.67. The summed E-state index contributed by atoms with van der Waals surface area (Å²) in [4.78, 5) is 51.7. The molecule has 3 amide bonds. The van der Waals surface area contributed by atoms with Gasteiger partial charge in [-0.3, -0.25) is 24.1 Å². The van der Waals surface area contributed by atoms with Crippen molar-refractivity contribution in [2.45, 2.75) is 26.3 Å². The lowest BCUT2D eigenvalue weighted by Crippen LogP contribution is -2.46. The number of rotatable bonds is 4. The van der Waals surface area contributed by atoms with Crippen LogP contribution in [0.3, 0.4) is 0 Å². The summed E-state index contributed by atoms with van der Waals surface area (Å²) in [6, 6.07) is 5.75. The monoisotopic (exact) mass is 378 g/mol. The lowest BCUT2D eigenvalue weighted by Gasteiger charge is -2.37. The highest BCUT2D eigenvalue weighted by Crippen LogP contribution is 2.65. The van der Waals surface area contributed by atoms with E-state index < -0.39 is 11.9 Å². The number of carbonyl (C=O) groups excluding carboxylic acids is 4. The Morgan fingerprint density at radius 1 is 1.07 bits per heavy atom. The molecule has 0 aromatic heterocycles. The Morgan fingerprint density at radius 3 is 2.25 bits per heavy atom. The summed E-state index contributed by atoms with van der Waals surface area (Å²) in [7, 11) is 0. The van der Waals surface area contributed by atoms with Crippen molar-refractivity contribution in [1.29, 1.82) is 0 Å². The Morgan fingerprint density at radius 2 is 1.68 bits per heavy atom. The van der Waals surface area contributed by atoms with Crippen LogP contribution >= 0.6 is 0 Å². The maximum Gasteiger partial charge on any atom is 0.247 e. The Kier molecular flexibility index (Phi) is 3.63. The van der Waals surface area contributed by atoms with Crippen LogP contribution in [0.15, 0.2) is 36.4 Å². The van der Waals surface area contributed by atoms with Gasteiger partial charge in [-0.1, -0.05) is 24.3 Å². The van der Waals surface area contributed by atoms with E-state index in [0.29, 0.717) is 23.1 Å². The van der Waals surface area contributed by atoms with Crippen LogP contribution in [0.1, 0.15) is 30.6 Å². The second-order valence-electron chi connectivity index (χ2n) is 8.50. The molecule has 1 aromatic carbocycles. The number of amides is 3. The highest BCUT2D eigenvalue weighted by molar-refractivity contribution is 6.10. The number of Topliss-reactive ketones (excluding diaryl/α,β-unsaturated/α-hetero) is 1. The van der Waals surface area contributed by atoms with Crippen molar-refractivity contribution in [2.24, 2.45) is 35.5 Å². The number of hydrogen-bond acceptors (Lipinski definition) is 4. The molecule has 6 nitrogen and oxygen atoms in total. The first-order chi connectivity index (χ1) is 13.4. The third-order valence-electron chi connectivity index (χ3n) is 7.00. The second kappa shape index (κ2) is 5.87. The van der Waals surface area contributed by atoms with Gasteiger partial charge in [0.05, 0.1) is 11.8 Å². The fourth-order valence-corrected chi connectivity index (χ4v) is 5.54. The lowest BCUT2D eigenvalue weighted by molar-refractivity contribution is -0.146. The summed E-state index contributed by atoms with van der Waals surface area (Å²) in [5.74, 6) is -0.193. The van der Waals surface area contributed by atoms with Gasteiger partial charge in [-0.05, 0) is 56.1 Å². The Balaban J connectivity index is 1.36. The van der Waals surface area contributed by atoms with Gasteiger partial charge in [-0.2, -0.15) is 0 Å². The van der Waals surface area contributed by atoms with E-state index in [0.717, 1.165) is 6.42 Å². The van der Waals surface area contributed by atoms with Crippen LogP contribution in [0.25, 0.3) is 0 Å². The Bertz CT molecular complexity index is 916. The van der Waals surface area contributed by atoms with Gasteiger partial charge in [0.1, 0.15) is 6.04 Å². The second-order valence-corrected chi connectivity index (χ2v) is 8.50. The normalized spacial score (nSPS) is 35.4. The zero-order valence-electron chi connectivity index (χ0n) is 15.8. The van der Waals surface area contributed by atoms with E-state index in [-0.39, 0.29) is 41.3 Å². The third-order valence-corrected chi connectivity index (χ3v) is 7.00. The topological polar surface area (TPSA) is 83.6 Å². The molecule has 3 fully saturated rings. The van der Waals surface area contributed by atoms with Crippen LogP contribution in [0.5, 0.6) is 0 Å². The molecule has 7 atom stereocenters. The molecule has 6 rings (SSSR count). The molecule has 5 aliphatic rings. The van der Waals surface area contributed by atoms with Gasteiger partial charge in [0.15, 0.2) is 5.78 Å². The van der Waals surface area contributed by atoms with Gasteiger partial charge in [-0.25, -0.2) is 0 Å². The summed E-state index contributed by atoms with van der Waals surface area (Å²) in [6.45, 7) is 3.05. The fourth-order valence-electron chi connectivity index (χ4n) is 5.54. The molecule has 1 N–H and O–H groups in total. The highest BCUT2D eigenvalue weighted by atomic mass is 16.2. The van der Waals surface area contributed by atoms with Crippen molar-refractivity contribution in [2.75, 3.05) is 5.32 Å². The number of nitrogens with zero attached hydrogens (tertiary/aromatic N) is 1. The number of likely N-dealkylation sites (tertiary alicyclic amines) is 1. The summed E-state index contributed by atoms with van der Waals surface area (Å²) >= 11 is 0. The minimum Gasteiger partial charge on any atom is -0.324 e. The molecule has 1 heterocycles. The molecule has 2 saturated carbocycles. The predicted octanol–water partition coefficient (Wildman–Crippen LogP) is 2.27. The number of hydrogen-bond donors (Lipinski definition) is 1. The van der Waals surface area contributed by atoms with E-state index in [4.69, 9.17) is 0 Å². The molecular weight excluding hydrogens is 356 g/mol. The van der Waals surface area contributed by atoms with Crippen molar-refractivity contribution in [1.82, 2.24) is 4.90 Å². The van der Waals surface area contributed by atoms with E-state index >= 15 is 0 Å². The largest absolute Gasteiger partial charge is 0.324 e. The van der Waals surface area contributed by atoms with Crippen LogP contribution < -0.4 is 5.32 Å². The molecule has 1 aromatic rings. The van der Waals surface area contributed by atoms with Crippen LogP contribution in [0, 0.1) is 35.5 Å². The average molecular weight is 378 g/mol. The molecule has 28 heavy (non-hydrogen) atoms. The summed E-state index contributed by atoms with van der Waals surface area (Å²) in [6.07, 6.45) is 5.35. The van der Waals surface area contributed by atoms with E-state index in [1.165, 1.54) is 11.8 Å². The van der Waals surface area contributed by atoms with Gasteiger partial charge >= 0.3 is 0 Å². The van der Waals surface area contributed by atoms with Crippen LogP contribution in [0.2, 0.25) is 0 Å². The standard InChI is InChI=1S/C22H22N2O4/c1-10(20(26)23-13-5-3-4-12(8-13)11(2)25)24-21(27)18-14-6-7-15(17-9-16(14)17)19(18)22(24)28/h3-8,10,14-19H,9H2,1-2H3,(H,23,26)/t10-,14-,15+,16-,17+,18+,19-/m0/s1. The van der Waals surface area contributed by atoms with Crippen molar-refractivity contribution in [3.05, 3.63) is 42.0 Å². The van der Waals surface area contributed by atoms with Gasteiger partial charge in [-0.15, -0.1) is 0 Å². The van der Waals surface area contributed by atoms with Crippen LogP contribution in [-0.4, -0.2) is 34.4 Å². The smallest absolute Gasteiger partial charge is 0.247 e. The molecule has 1 aliphatic heterocycles. The molecular formula is C22H22N2O4. The molecule has 1 saturated heterocycles. The molecule has 0 spiro atoms. The van der Waals surface area contributed by atoms with Crippen molar-refractivity contribution in [3.63, 3.8) is 0 Å². The van der Waals surface area contributed by atoms with Crippen molar-refractivity contribution in [3.8, 4) is 0 Å². The van der Waals surface area contributed by atoms with Gasteiger partial charge in [0.25, 0.3) is 0 Å². The lowest BCUT2D eigenvalue weighted by atomic mass is 9.63. The summed E-state index contributed by atoms with van der Waals surface area (Å²) in [5, 5.41) is 2.74. The van der Waals surface area contributed by atoms with Gasteiger partial charge in [0.2, 0.25) is 17.7 Å². The van der Waals surface area contributed by atoms with E-state index in [1.54, 1.807) is 31.2 Å². The number of allylic oxidation sites excluding steroid dienone is 2. The van der Waals surface area contributed by atoms with Gasteiger partial charge in [0, 0.05) is 11.3 Å². The SMILES string of the molecule is CC(=O)c1cccc(NC(=O)[C@H](C)N2C(=O)[C@@H]3[C@H]4C=C[C@H]([C@H]5C[C@@H]45)[C@@H]3C2=O)c1. The zero-order valence-corrected chi connectivity index (χ0v) is 15.8. The molecule has 4 aliphatic carbocycles. The minimum absolute atomic E-state index is 0.0975. The van der Waals surface area contributed by atoms with Crippen molar-refractivity contribution < 1.29 is 19.2 Å². The Hall–Kier alpha value is -2.76. The quantitative estimate of drug-likeness (QED) is 0.495. The first-order valence-corrected chi connectivity index (χ1v) is 9.85. The number of benzene rings is 1. The van der Waals surface area contributed by atoms with Gasteiger partial charge < -0.3 is 5.32 Å². The maximum absolute atomic E-state index is 13.1. The zero-order chi connectivity index (χ0) is 19.7. The first-order valence-electron chi connectivity index (χ1n) is 9.85. The first kappa shape index (κ1) is 17.3. The Labute approximate surface area is 163 Å². The predicted molar refractivity (Wildman–Crippen MR) is 101 cm³/mol. The molecule has 0 unspecified atom stereocenters. The van der Waals surface area contributed by atoms with E-state index in [2.05, 4.69) is 17.5 Å². The summed E-state index contributed by atoms with van der Waals surface area (Å²) < 4.78 is 0. The molecule has 6 heteroatoms. The number of anilines is 1. The summed E-state index contributed by atoms with van der Waals surface area (Å²) in [5.41, 5.74) is 0.968. The molecule has 144 valence electrons. The molecule has 2 bridgehead atoms. The fraction of sp³-hybridized carbons (Fsp3) is 0.455. The number of carbonyl (C=O) groups is 4. The maximum atomic E-state index is 13.1. The van der Waals surface area contributed by atoms with E-state index in [9.17, 15) is 19.2 Å². The van der Waals surface area contributed by atoms with Crippen LogP contribution in [-0.2, 0) is 14.4 Å². The molecule has 0 radical (unpaired) electrons. The van der Waals surface area contributed by atoms with Crippen molar-refractivity contribution >= 4 is 29.2 Å². The number of nitrogens with one attached hydrogen (secondary N) is 1. The number of ketones is 1. The van der Waals surface area contributed by atoms with E-state index in [1.807, 2.05) is 0 Å². The number of imide groups is 1. The van der Waals surface area contributed by atoms with Crippen LogP contribution in [0.4, 0.5) is 5.69 Å². The third kappa shape index (κ3) is 2.33. The average Bonchev–Trinajstić information content (AvgIpc) is 3.45.